The number of methoxy groups -OCH3 is 1. The third-order valence-electron chi connectivity index (χ3n) is 2.72. The third kappa shape index (κ3) is 3.13. The van der Waals surface area contributed by atoms with Gasteiger partial charge in [0.2, 0.25) is 0 Å². The van der Waals surface area contributed by atoms with E-state index < -0.39 is 28.9 Å². The first kappa shape index (κ1) is 15.2. The van der Waals surface area contributed by atoms with Crippen LogP contribution >= 0.6 is 0 Å². The van der Waals surface area contributed by atoms with E-state index in [9.17, 15) is 22.8 Å². The summed E-state index contributed by atoms with van der Waals surface area (Å²) >= 11 is 0. The molecule has 0 spiro atoms. The fourth-order valence-electron chi connectivity index (χ4n) is 1.55. The summed E-state index contributed by atoms with van der Waals surface area (Å²) < 4.78 is 42.1. The Kier molecular flexibility index (Phi) is 4.03. The second-order valence-corrected chi connectivity index (χ2v) is 4.52. The SMILES string of the molecule is COC(=O)C(C)(C)C(=O)c1cccc(C(F)(F)F)c1. The van der Waals surface area contributed by atoms with Crippen molar-refractivity contribution in [2.75, 3.05) is 7.11 Å². The number of carbonyl (C=O) groups excluding carboxylic acids is 2. The number of Topliss-reactive ketones (excluding diaryl/α,β-unsaturated/α-hetero) is 1. The van der Waals surface area contributed by atoms with E-state index in [1.54, 1.807) is 0 Å². The Morgan fingerprint density at radius 2 is 1.74 bits per heavy atom. The smallest absolute Gasteiger partial charge is 0.416 e. The number of hydrogen-bond donors (Lipinski definition) is 0. The average Bonchev–Trinajstić information content (AvgIpc) is 2.35. The molecule has 0 unspecified atom stereocenters. The van der Waals surface area contributed by atoms with E-state index in [1.165, 1.54) is 19.9 Å². The van der Waals surface area contributed by atoms with Crippen molar-refractivity contribution in [1.29, 1.82) is 0 Å². The Balaban J connectivity index is 3.18. The molecule has 0 saturated heterocycles. The number of carbonyl (C=O) groups is 2. The van der Waals surface area contributed by atoms with Crippen molar-refractivity contribution in [3.63, 3.8) is 0 Å². The summed E-state index contributed by atoms with van der Waals surface area (Å²) in [6.07, 6.45) is -4.54. The van der Waals surface area contributed by atoms with Crippen LogP contribution in [0.2, 0.25) is 0 Å². The molecule has 1 aromatic rings. The van der Waals surface area contributed by atoms with Gasteiger partial charge in [-0.15, -0.1) is 0 Å². The molecule has 0 bridgehead atoms. The standard InChI is InChI=1S/C13H13F3O3/c1-12(2,11(18)19-3)10(17)8-5-4-6-9(7-8)13(14,15)16/h4-7H,1-3H3. The van der Waals surface area contributed by atoms with Crippen molar-refractivity contribution in [1.82, 2.24) is 0 Å². The summed E-state index contributed by atoms with van der Waals surface area (Å²) in [5.74, 6) is -1.51. The van der Waals surface area contributed by atoms with Gasteiger partial charge in [0.25, 0.3) is 0 Å². The Morgan fingerprint density at radius 3 is 2.21 bits per heavy atom. The number of halogens is 3. The van der Waals surface area contributed by atoms with Crippen LogP contribution in [-0.4, -0.2) is 18.9 Å². The number of esters is 1. The zero-order chi connectivity index (χ0) is 14.8. The summed E-state index contributed by atoms with van der Waals surface area (Å²) in [7, 11) is 1.11. The molecular formula is C13H13F3O3. The normalized spacial score (nSPS) is 12.1. The zero-order valence-electron chi connectivity index (χ0n) is 10.7. The molecule has 0 N–H and O–H groups in total. The fourth-order valence-corrected chi connectivity index (χ4v) is 1.55. The molecule has 6 heteroatoms. The number of ether oxygens (including phenoxy) is 1. The Labute approximate surface area is 108 Å². The zero-order valence-corrected chi connectivity index (χ0v) is 10.7. The van der Waals surface area contributed by atoms with Crippen LogP contribution in [0.15, 0.2) is 24.3 Å². The molecule has 0 radical (unpaired) electrons. The number of rotatable bonds is 3. The van der Waals surface area contributed by atoms with Gasteiger partial charge in [0, 0.05) is 5.56 Å². The minimum atomic E-state index is -4.54. The van der Waals surface area contributed by atoms with Crippen LogP contribution in [0.3, 0.4) is 0 Å². The van der Waals surface area contributed by atoms with Crippen LogP contribution in [0.4, 0.5) is 13.2 Å². The molecule has 0 aliphatic heterocycles. The Bertz CT molecular complexity index is 504. The van der Waals surface area contributed by atoms with Crippen LogP contribution in [0, 0.1) is 5.41 Å². The molecular weight excluding hydrogens is 261 g/mol. The van der Waals surface area contributed by atoms with Crippen molar-refractivity contribution >= 4 is 11.8 Å². The molecule has 1 aromatic carbocycles. The summed E-state index contributed by atoms with van der Waals surface area (Å²) in [6.45, 7) is 2.61. The molecule has 0 amide bonds. The summed E-state index contributed by atoms with van der Waals surface area (Å²) in [5, 5.41) is 0. The van der Waals surface area contributed by atoms with Crippen molar-refractivity contribution in [2.45, 2.75) is 20.0 Å². The van der Waals surface area contributed by atoms with Gasteiger partial charge >= 0.3 is 12.1 Å². The highest BCUT2D eigenvalue weighted by molar-refractivity contribution is 6.11. The van der Waals surface area contributed by atoms with Gasteiger partial charge in [-0.3, -0.25) is 9.59 Å². The Hall–Kier alpha value is -1.85. The first-order chi connectivity index (χ1) is 8.60. The lowest BCUT2D eigenvalue weighted by molar-refractivity contribution is -0.147. The predicted octanol–water partition coefficient (Wildman–Crippen LogP) is 3.09. The largest absolute Gasteiger partial charge is 0.468 e. The number of ketones is 1. The maximum Gasteiger partial charge on any atom is 0.416 e. The monoisotopic (exact) mass is 274 g/mol. The highest BCUT2D eigenvalue weighted by atomic mass is 19.4. The molecule has 0 fully saturated rings. The topological polar surface area (TPSA) is 43.4 Å². The molecule has 0 aliphatic carbocycles. The van der Waals surface area contributed by atoms with Gasteiger partial charge in [-0.2, -0.15) is 13.2 Å². The fraction of sp³-hybridized carbons (Fsp3) is 0.385. The van der Waals surface area contributed by atoms with Crippen LogP contribution in [-0.2, 0) is 15.7 Å². The summed E-state index contributed by atoms with van der Waals surface area (Å²) in [4.78, 5) is 23.5. The number of alkyl halides is 3. The van der Waals surface area contributed by atoms with E-state index in [2.05, 4.69) is 4.74 Å². The third-order valence-corrected chi connectivity index (χ3v) is 2.72. The average molecular weight is 274 g/mol. The van der Waals surface area contributed by atoms with Crippen molar-refractivity contribution in [3.8, 4) is 0 Å². The maximum atomic E-state index is 12.5. The first-order valence-electron chi connectivity index (χ1n) is 5.41. The van der Waals surface area contributed by atoms with Crippen LogP contribution < -0.4 is 0 Å². The molecule has 3 nitrogen and oxygen atoms in total. The van der Waals surface area contributed by atoms with Gasteiger partial charge in [0.05, 0.1) is 12.7 Å². The van der Waals surface area contributed by atoms with Gasteiger partial charge < -0.3 is 4.74 Å². The van der Waals surface area contributed by atoms with Gasteiger partial charge in [0.15, 0.2) is 5.78 Å². The second kappa shape index (κ2) is 5.03. The van der Waals surface area contributed by atoms with Crippen LogP contribution in [0.25, 0.3) is 0 Å². The molecule has 0 saturated carbocycles. The van der Waals surface area contributed by atoms with E-state index in [4.69, 9.17) is 0 Å². The van der Waals surface area contributed by atoms with E-state index in [0.717, 1.165) is 25.3 Å². The highest BCUT2D eigenvalue weighted by Gasteiger charge is 2.39. The van der Waals surface area contributed by atoms with Gasteiger partial charge in [-0.1, -0.05) is 12.1 Å². The van der Waals surface area contributed by atoms with E-state index in [-0.39, 0.29) is 5.56 Å². The van der Waals surface area contributed by atoms with Crippen molar-refractivity contribution in [2.24, 2.45) is 5.41 Å². The summed E-state index contributed by atoms with van der Waals surface area (Å²) in [5.41, 5.74) is -2.64. The Morgan fingerprint density at radius 1 is 1.16 bits per heavy atom. The van der Waals surface area contributed by atoms with Crippen molar-refractivity contribution < 1.29 is 27.5 Å². The van der Waals surface area contributed by atoms with E-state index in [0.29, 0.717) is 0 Å². The van der Waals surface area contributed by atoms with E-state index >= 15 is 0 Å². The van der Waals surface area contributed by atoms with E-state index in [1.807, 2.05) is 0 Å². The number of benzene rings is 1. The van der Waals surface area contributed by atoms with Crippen molar-refractivity contribution in [3.05, 3.63) is 35.4 Å². The quantitative estimate of drug-likeness (QED) is 0.483. The summed E-state index contributed by atoms with van der Waals surface area (Å²) in [6, 6.07) is 3.96. The predicted molar refractivity (Wildman–Crippen MR) is 61.6 cm³/mol. The van der Waals surface area contributed by atoms with Gasteiger partial charge in [-0.25, -0.2) is 0 Å². The lowest BCUT2D eigenvalue weighted by Crippen LogP contribution is -2.34. The molecule has 0 aromatic heterocycles. The van der Waals surface area contributed by atoms with Gasteiger partial charge in [0.1, 0.15) is 5.41 Å². The molecule has 0 atom stereocenters. The second-order valence-electron chi connectivity index (χ2n) is 4.52. The maximum absolute atomic E-state index is 12.5. The number of hydrogen-bond acceptors (Lipinski definition) is 3. The highest BCUT2D eigenvalue weighted by Crippen LogP contribution is 2.31. The molecule has 0 aliphatic rings. The first-order valence-corrected chi connectivity index (χ1v) is 5.41. The lowest BCUT2D eigenvalue weighted by Gasteiger charge is -2.20. The lowest BCUT2D eigenvalue weighted by atomic mass is 9.84. The van der Waals surface area contributed by atoms with Crippen LogP contribution in [0.5, 0.6) is 0 Å². The molecule has 19 heavy (non-hydrogen) atoms. The van der Waals surface area contributed by atoms with Gasteiger partial charge in [-0.05, 0) is 26.0 Å². The molecule has 1 rings (SSSR count). The molecule has 0 heterocycles. The minimum Gasteiger partial charge on any atom is -0.468 e. The molecule has 104 valence electrons. The van der Waals surface area contributed by atoms with Crippen LogP contribution in [0.1, 0.15) is 29.8 Å². The minimum absolute atomic E-state index is 0.176.